The molecule has 0 bridgehead atoms. The number of ether oxygens (including phenoxy) is 2. The largest absolute Gasteiger partial charge is 0.476 e. The Morgan fingerprint density at radius 2 is 1.91 bits per heavy atom. The third-order valence-corrected chi connectivity index (χ3v) is 6.65. The van der Waals surface area contributed by atoms with Gasteiger partial charge in [-0.1, -0.05) is 24.3 Å². The lowest BCUT2D eigenvalue weighted by Gasteiger charge is -2.19. The Kier molecular flexibility index (Phi) is 12.9. The number of alkyl halides is 3. The third-order valence-electron chi connectivity index (χ3n) is 6.36. The molecule has 1 N–H and O–H groups in total. The number of amidine groups is 1. The second kappa shape index (κ2) is 16.3. The van der Waals surface area contributed by atoms with Crippen molar-refractivity contribution in [1.82, 2.24) is 24.6 Å². The molecule has 1 aromatic carbocycles. The van der Waals surface area contributed by atoms with E-state index in [0.29, 0.717) is 12.2 Å². The molecule has 0 aliphatic heterocycles. The fraction of sp³-hybridized carbons (Fsp3) is 0.355. The van der Waals surface area contributed by atoms with Crippen LogP contribution in [0.3, 0.4) is 0 Å². The molecule has 0 unspecified atom stereocenters. The van der Waals surface area contributed by atoms with Crippen LogP contribution in [0.4, 0.5) is 23.2 Å². The van der Waals surface area contributed by atoms with Gasteiger partial charge in [0.25, 0.3) is 0 Å². The first kappa shape index (κ1) is 36.2. The predicted octanol–water partition coefficient (Wildman–Crippen LogP) is 6.18. The molecule has 248 valence electrons. The minimum Gasteiger partial charge on any atom is -0.476 e. The lowest BCUT2D eigenvalue weighted by atomic mass is 10.1. The maximum Gasteiger partial charge on any atom is 0.435 e. The summed E-state index contributed by atoms with van der Waals surface area (Å²) < 4.78 is 66.2. The zero-order valence-electron chi connectivity index (χ0n) is 26.2. The van der Waals surface area contributed by atoms with E-state index in [1.54, 1.807) is 13.8 Å². The van der Waals surface area contributed by atoms with Crippen LogP contribution in [0.15, 0.2) is 60.4 Å². The molecule has 0 saturated carbocycles. The van der Waals surface area contributed by atoms with Crippen molar-refractivity contribution in [2.24, 2.45) is 4.99 Å². The molecule has 2 aromatic heterocycles. The summed E-state index contributed by atoms with van der Waals surface area (Å²) in [7, 11) is 5.90. The molecule has 0 amide bonds. The number of halogens is 5. The van der Waals surface area contributed by atoms with E-state index < -0.39 is 23.7 Å². The molecule has 0 aliphatic rings. The molecule has 0 spiro atoms. The van der Waals surface area contributed by atoms with Crippen molar-refractivity contribution in [2.75, 3.05) is 59.3 Å². The van der Waals surface area contributed by atoms with Crippen molar-refractivity contribution >= 4 is 40.5 Å². The molecule has 0 aliphatic carbocycles. The van der Waals surface area contributed by atoms with Gasteiger partial charge in [0, 0.05) is 48.9 Å². The van der Waals surface area contributed by atoms with Crippen molar-refractivity contribution in [3.63, 3.8) is 0 Å². The van der Waals surface area contributed by atoms with Crippen LogP contribution in [-0.2, 0) is 10.9 Å². The summed E-state index contributed by atoms with van der Waals surface area (Å²) in [6.07, 6.45) is -0.888. The molecule has 3 rings (SSSR count). The van der Waals surface area contributed by atoms with E-state index >= 15 is 0 Å². The van der Waals surface area contributed by atoms with Crippen LogP contribution in [0, 0.1) is 5.82 Å². The lowest BCUT2D eigenvalue weighted by Crippen LogP contribution is -2.31. The average Bonchev–Trinajstić information content (AvgIpc) is 3.50. The summed E-state index contributed by atoms with van der Waals surface area (Å²) in [5.41, 5.74) is -0.310. The van der Waals surface area contributed by atoms with Gasteiger partial charge in [-0.05, 0) is 65.3 Å². The Bertz CT molecular complexity index is 1590. The Morgan fingerprint density at radius 3 is 2.52 bits per heavy atom. The van der Waals surface area contributed by atoms with E-state index in [-0.39, 0.29) is 52.5 Å². The van der Waals surface area contributed by atoms with E-state index in [0.717, 1.165) is 36.1 Å². The highest BCUT2D eigenvalue weighted by Gasteiger charge is 2.34. The van der Waals surface area contributed by atoms with E-state index in [9.17, 15) is 22.4 Å². The van der Waals surface area contributed by atoms with E-state index in [1.807, 2.05) is 21.1 Å². The number of rotatable bonds is 14. The van der Waals surface area contributed by atoms with E-state index in [4.69, 9.17) is 21.1 Å². The first-order valence-electron chi connectivity index (χ1n) is 14.1. The number of esters is 1. The van der Waals surface area contributed by atoms with Crippen LogP contribution >= 0.6 is 11.6 Å². The van der Waals surface area contributed by atoms with Crippen LogP contribution in [0.25, 0.3) is 11.4 Å². The summed E-state index contributed by atoms with van der Waals surface area (Å²) in [5.74, 6) is -1.19. The zero-order chi connectivity index (χ0) is 34.0. The van der Waals surface area contributed by atoms with Gasteiger partial charge in [0.2, 0.25) is 5.88 Å². The number of hydrogen-bond acceptors (Lipinski definition) is 8. The SMILES string of the molecule is C=C/C(=C(\N=C(/C)Nc1ccc(F)c(Cl)c1)n1ccc(C(F)(F)F)n1)c1cnc(OCCN(C)CCN(C)C)c(C(=O)OCC)c1. The minimum absolute atomic E-state index is 0.00483. The van der Waals surface area contributed by atoms with Gasteiger partial charge in [-0.25, -0.2) is 23.8 Å². The van der Waals surface area contributed by atoms with Crippen LogP contribution in [-0.4, -0.2) is 90.4 Å². The zero-order valence-corrected chi connectivity index (χ0v) is 26.9. The Balaban J connectivity index is 2.08. The second-order valence-electron chi connectivity index (χ2n) is 10.3. The Labute approximate surface area is 270 Å². The third kappa shape index (κ3) is 10.1. The molecule has 3 aromatic rings. The predicted molar refractivity (Wildman–Crippen MR) is 170 cm³/mol. The highest BCUT2D eigenvalue weighted by molar-refractivity contribution is 6.31. The van der Waals surface area contributed by atoms with Crippen molar-refractivity contribution in [3.8, 4) is 5.88 Å². The van der Waals surface area contributed by atoms with Crippen molar-refractivity contribution in [1.29, 1.82) is 0 Å². The number of carbonyl (C=O) groups excluding carboxylic acids is 1. The van der Waals surface area contributed by atoms with Crippen LogP contribution in [0.1, 0.15) is 35.5 Å². The first-order valence-corrected chi connectivity index (χ1v) is 14.5. The molecular weight excluding hydrogens is 630 g/mol. The first-order chi connectivity index (χ1) is 21.7. The summed E-state index contributed by atoms with van der Waals surface area (Å²) >= 11 is 5.89. The minimum atomic E-state index is -4.72. The summed E-state index contributed by atoms with van der Waals surface area (Å²) in [6, 6.07) is 6.15. The molecule has 10 nitrogen and oxygen atoms in total. The van der Waals surface area contributed by atoms with E-state index in [2.05, 4.69) is 36.8 Å². The highest BCUT2D eigenvalue weighted by atomic mass is 35.5. The Hall–Kier alpha value is -4.27. The normalized spacial score (nSPS) is 12.7. The van der Waals surface area contributed by atoms with Gasteiger partial charge in [0.15, 0.2) is 11.5 Å². The number of nitrogens with zero attached hydrogens (tertiary/aromatic N) is 6. The average molecular weight is 666 g/mol. The molecule has 0 fully saturated rings. The van der Waals surface area contributed by atoms with Gasteiger partial charge in [-0.3, -0.25) is 0 Å². The van der Waals surface area contributed by atoms with Crippen LogP contribution in [0.2, 0.25) is 5.02 Å². The highest BCUT2D eigenvalue weighted by Crippen LogP contribution is 2.31. The van der Waals surface area contributed by atoms with Gasteiger partial charge < -0.3 is 24.6 Å². The topological polar surface area (TPSA) is 97.1 Å². The van der Waals surface area contributed by atoms with Crippen molar-refractivity contribution in [3.05, 3.63) is 83.0 Å². The standard InChI is InChI=1S/C31H36ClF4N7O3/c1-7-23(21-17-24(30(44)45-8-2)29(37-19-21)46-16-15-42(6)14-13-41(4)5)28(43-12-11-27(40-43)31(34,35)36)39-20(3)38-22-9-10-26(33)25(32)18-22/h7,9-12,17-19H,1,8,13-16H2,2-6H3,(H,38,39)/b28-23-. The molecule has 0 radical (unpaired) electrons. The summed E-state index contributed by atoms with van der Waals surface area (Å²) in [5, 5.41) is 6.48. The number of aliphatic imine (C=N–C) groups is 1. The number of carbonyl (C=O) groups is 1. The van der Waals surface area contributed by atoms with Gasteiger partial charge in [0.1, 0.15) is 23.8 Å². The number of allylic oxidation sites excluding steroid dienone is 2. The molecule has 15 heteroatoms. The van der Waals surface area contributed by atoms with Gasteiger partial charge in [0.05, 0.1) is 11.6 Å². The van der Waals surface area contributed by atoms with Crippen LogP contribution in [0.5, 0.6) is 5.88 Å². The maximum absolute atomic E-state index is 13.7. The van der Waals surface area contributed by atoms with Gasteiger partial charge >= 0.3 is 12.1 Å². The summed E-state index contributed by atoms with van der Waals surface area (Å²) in [6.45, 7) is 9.55. The fourth-order valence-electron chi connectivity index (χ4n) is 3.99. The monoisotopic (exact) mass is 665 g/mol. The molecule has 0 atom stereocenters. The number of aromatic nitrogens is 3. The number of anilines is 1. The Morgan fingerprint density at radius 1 is 1.17 bits per heavy atom. The summed E-state index contributed by atoms with van der Waals surface area (Å²) in [4.78, 5) is 25.9. The molecule has 0 saturated heterocycles. The fourth-order valence-corrected chi connectivity index (χ4v) is 4.17. The van der Waals surface area contributed by atoms with E-state index in [1.165, 1.54) is 30.5 Å². The number of benzene rings is 1. The quantitative estimate of drug-likeness (QED) is 0.0717. The van der Waals surface area contributed by atoms with Crippen LogP contribution < -0.4 is 10.1 Å². The van der Waals surface area contributed by atoms with Gasteiger partial charge in [-0.2, -0.15) is 18.3 Å². The molecule has 46 heavy (non-hydrogen) atoms. The maximum atomic E-state index is 13.7. The molecular formula is C31H36ClF4N7O3. The van der Waals surface area contributed by atoms with Crippen molar-refractivity contribution in [2.45, 2.75) is 20.0 Å². The smallest absolute Gasteiger partial charge is 0.435 e. The number of pyridine rings is 1. The lowest BCUT2D eigenvalue weighted by molar-refractivity contribution is -0.141. The second-order valence-corrected chi connectivity index (χ2v) is 10.7. The number of hydrogen-bond donors (Lipinski definition) is 1. The molecule has 2 heterocycles. The number of likely N-dealkylation sites (N-methyl/N-ethyl adjacent to an activating group) is 2. The van der Waals surface area contributed by atoms with Crippen molar-refractivity contribution < 1.29 is 31.8 Å². The van der Waals surface area contributed by atoms with Gasteiger partial charge in [-0.15, -0.1) is 0 Å². The number of nitrogens with one attached hydrogen (secondary N) is 1.